The third-order valence-corrected chi connectivity index (χ3v) is 13.6. The molecule has 334 valence electrons. The lowest BCUT2D eigenvalue weighted by Gasteiger charge is -2.38. The second-order valence-electron chi connectivity index (χ2n) is 17.9. The number of hydrogen-bond acceptors (Lipinski definition) is 13. The first-order chi connectivity index (χ1) is 30.7. The number of nitrogens with one attached hydrogen (secondary N) is 3. The van der Waals surface area contributed by atoms with E-state index >= 15 is 0 Å². The molecule has 1 atom stereocenters. The molecule has 0 unspecified atom stereocenters. The molecule has 0 saturated carbocycles. The van der Waals surface area contributed by atoms with Crippen molar-refractivity contribution >= 4 is 57.5 Å². The van der Waals surface area contributed by atoms with Gasteiger partial charge in [-0.15, -0.1) is 0 Å². The number of carbonyl (C=O) groups is 4. The molecule has 7 heterocycles. The first-order valence-electron chi connectivity index (χ1n) is 22.8. The van der Waals surface area contributed by atoms with Crippen molar-refractivity contribution in [1.29, 1.82) is 0 Å². The summed E-state index contributed by atoms with van der Waals surface area (Å²) < 4.78 is 7.78. The van der Waals surface area contributed by atoms with Crippen molar-refractivity contribution in [3.63, 3.8) is 0 Å². The Bertz CT molecular complexity index is 2310. The molecule has 5 aliphatic rings. The Morgan fingerprint density at radius 1 is 0.825 bits per heavy atom. The van der Waals surface area contributed by atoms with E-state index in [9.17, 15) is 19.2 Å². The quantitative estimate of drug-likeness (QED) is 0.186. The van der Waals surface area contributed by atoms with Crippen LogP contribution in [0, 0.1) is 5.92 Å². The fourth-order valence-corrected chi connectivity index (χ4v) is 9.82. The van der Waals surface area contributed by atoms with E-state index in [1.54, 1.807) is 25.4 Å². The maximum Gasteiger partial charge on any atom is 0.274 e. The van der Waals surface area contributed by atoms with Gasteiger partial charge in [0.2, 0.25) is 17.8 Å². The number of anilines is 4. The van der Waals surface area contributed by atoms with E-state index in [0.717, 1.165) is 138 Å². The Morgan fingerprint density at radius 3 is 2.35 bits per heavy atom. The summed E-state index contributed by atoms with van der Waals surface area (Å²) in [5.74, 6) is 0.219. The van der Waals surface area contributed by atoms with E-state index in [2.05, 4.69) is 75.5 Å². The van der Waals surface area contributed by atoms with E-state index in [1.165, 1.54) is 6.42 Å². The van der Waals surface area contributed by atoms with E-state index in [4.69, 9.17) is 14.8 Å². The summed E-state index contributed by atoms with van der Waals surface area (Å²) in [6.07, 6.45) is 12.0. The van der Waals surface area contributed by atoms with Crippen LogP contribution in [-0.4, -0.2) is 145 Å². The smallest absolute Gasteiger partial charge is 0.274 e. The van der Waals surface area contributed by atoms with Gasteiger partial charge in [-0.25, -0.2) is 9.97 Å². The number of methoxy groups -OCH3 is 1. The number of rotatable bonds is 11. The van der Waals surface area contributed by atoms with Crippen LogP contribution in [0.15, 0.2) is 48.8 Å². The molecule has 9 rings (SSSR count). The summed E-state index contributed by atoms with van der Waals surface area (Å²) in [6.45, 7) is 10.4. The molecule has 17 heteroatoms. The minimum Gasteiger partial charge on any atom is -0.496 e. The number of amides is 4. The van der Waals surface area contributed by atoms with Gasteiger partial charge in [0, 0.05) is 108 Å². The van der Waals surface area contributed by atoms with E-state index in [1.807, 2.05) is 12.1 Å². The van der Waals surface area contributed by atoms with Crippen molar-refractivity contribution in [1.82, 2.24) is 40.2 Å². The van der Waals surface area contributed by atoms with Crippen molar-refractivity contribution in [2.45, 2.75) is 69.9 Å². The molecule has 0 bridgehead atoms. The van der Waals surface area contributed by atoms with Crippen LogP contribution in [0.1, 0.15) is 84.7 Å². The van der Waals surface area contributed by atoms with Crippen molar-refractivity contribution in [2.24, 2.45) is 5.92 Å². The second kappa shape index (κ2) is 18.9. The zero-order valence-corrected chi connectivity index (χ0v) is 36.6. The summed E-state index contributed by atoms with van der Waals surface area (Å²) in [7, 11) is 3.66. The first-order valence-corrected chi connectivity index (χ1v) is 22.8. The lowest BCUT2D eigenvalue weighted by molar-refractivity contribution is -0.134. The molecule has 2 aromatic carbocycles. The molecule has 4 amide bonds. The van der Waals surface area contributed by atoms with Crippen molar-refractivity contribution in [3.8, 4) is 5.75 Å². The number of piperazine rings is 1. The highest BCUT2D eigenvalue weighted by Gasteiger charge is 2.31. The van der Waals surface area contributed by atoms with E-state index in [0.29, 0.717) is 34.9 Å². The molecule has 63 heavy (non-hydrogen) atoms. The van der Waals surface area contributed by atoms with Gasteiger partial charge in [-0.05, 0) is 94.7 Å². The number of imide groups is 1. The van der Waals surface area contributed by atoms with Gasteiger partial charge in [-0.3, -0.25) is 29.2 Å². The molecule has 0 aliphatic carbocycles. The summed E-state index contributed by atoms with van der Waals surface area (Å²) in [4.78, 5) is 71.6. The Morgan fingerprint density at radius 2 is 1.60 bits per heavy atom. The van der Waals surface area contributed by atoms with Crippen molar-refractivity contribution < 1.29 is 23.9 Å². The van der Waals surface area contributed by atoms with E-state index in [-0.39, 0.29) is 24.7 Å². The molecule has 0 spiro atoms. The number of aromatic nitrogens is 4. The van der Waals surface area contributed by atoms with Crippen LogP contribution in [0.2, 0.25) is 0 Å². The van der Waals surface area contributed by atoms with Crippen LogP contribution in [-0.2, 0) is 9.59 Å². The molecule has 4 aromatic rings. The van der Waals surface area contributed by atoms with Gasteiger partial charge in [0.25, 0.3) is 11.8 Å². The van der Waals surface area contributed by atoms with Crippen LogP contribution >= 0.6 is 0 Å². The van der Waals surface area contributed by atoms with Gasteiger partial charge in [0.1, 0.15) is 17.5 Å². The second-order valence-corrected chi connectivity index (χ2v) is 17.9. The summed E-state index contributed by atoms with van der Waals surface area (Å²) in [5.41, 5.74) is 4.48. The SMILES string of the molecule is COc1cc(N2CCC(CN3CCC(n4cc5cc(NC(=O)c6ccnc(N7CCN(C)CC7)n6)c(N6CCCCC6)cc5n4)CC3)CC2)ccc1C(=O)N[C@H]1CCC(=O)NC1=O. The third kappa shape index (κ3) is 9.74. The number of carbonyl (C=O) groups excluding carboxylic acids is 4. The predicted molar refractivity (Wildman–Crippen MR) is 242 cm³/mol. The number of hydrogen-bond donors (Lipinski definition) is 3. The van der Waals surface area contributed by atoms with Gasteiger partial charge >= 0.3 is 0 Å². The number of likely N-dealkylation sites (tertiary alicyclic amines) is 1. The highest BCUT2D eigenvalue weighted by molar-refractivity contribution is 6.07. The Balaban J connectivity index is 0.795. The third-order valence-electron chi connectivity index (χ3n) is 13.6. The highest BCUT2D eigenvalue weighted by atomic mass is 16.5. The summed E-state index contributed by atoms with van der Waals surface area (Å²) in [6, 6.07) is 11.1. The maximum absolute atomic E-state index is 13.8. The van der Waals surface area contributed by atoms with Crippen molar-refractivity contribution in [2.75, 3.05) is 106 Å². The number of likely N-dealkylation sites (N-methyl/N-ethyl adjacent to an activating group) is 1. The maximum atomic E-state index is 13.8. The molecule has 5 aliphatic heterocycles. The Hall–Kier alpha value is -5.81. The van der Waals surface area contributed by atoms with Gasteiger partial charge in [0.15, 0.2) is 0 Å². The van der Waals surface area contributed by atoms with Crippen LogP contribution in [0.3, 0.4) is 0 Å². The predicted octanol–water partition coefficient (Wildman–Crippen LogP) is 3.92. The molecule has 17 nitrogen and oxygen atoms in total. The number of ether oxygens (including phenoxy) is 1. The normalized spacial score (nSPS) is 21.1. The topological polar surface area (TPSA) is 173 Å². The average molecular weight is 861 g/mol. The van der Waals surface area contributed by atoms with Crippen LogP contribution in [0.4, 0.5) is 23.0 Å². The standard InChI is InChI=1S/C46H60N12O5/c1-53-22-24-57(25-23-53)46-47-15-10-37(50-46)44(61)49-39-26-32-30-58(52-38(32)28-40(39)56-16-4-3-5-17-56)33-13-18-54(19-14-33)29-31-11-20-55(21-12-31)34-6-7-35(41(27-34)63-2)43(60)48-36-8-9-42(59)51-45(36)62/h6-7,10,15,26-28,30-31,33,36H,3-5,8-9,11-14,16-25,29H2,1-2H3,(H,48,60)(H,49,61)(H,51,59,62)/t36-/m0/s1. The number of nitrogens with zero attached hydrogens (tertiary/aromatic N) is 9. The van der Waals surface area contributed by atoms with Gasteiger partial charge in [0.05, 0.1) is 35.6 Å². The Kier molecular flexibility index (Phi) is 12.7. The van der Waals surface area contributed by atoms with E-state index < -0.39 is 17.9 Å². The van der Waals surface area contributed by atoms with Gasteiger partial charge in [-0.2, -0.15) is 5.10 Å². The van der Waals surface area contributed by atoms with Crippen LogP contribution < -0.4 is 35.4 Å². The summed E-state index contributed by atoms with van der Waals surface area (Å²) >= 11 is 0. The zero-order chi connectivity index (χ0) is 43.5. The monoisotopic (exact) mass is 860 g/mol. The van der Waals surface area contributed by atoms with Crippen LogP contribution in [0.25, 0.3) is 10.9 Å². The molecule has 3 N–H and O–H groups in total. The molecule has 5 fully saturated rings. The fraction of sp³-hybridized carbons (Fsp3) is 0.543. The minimum absolute atomic E-state index is 0.195. The Labute approximate surface area is 368 Å². The number of piperidine rings is 4. The van der Waals surface area contributed by atoms with Gasteiger partial charge in [-0.1, -0.05) is 0 Å². The highest BCUT2D eigenvalue weighted by Crippen LogP contribution is 2.35. The molecule has 2 aromatic heterocycles. The van der Waals surface area contributed by atoms with Crippen LogP contribution in [0.5, 0.6) is 5.75 Å². The first kappa shape index (κ1) is 42.5. The number of fused-ring (bicyclic) bond motifs is 1. The number of benzene rings is 2. The molecular weight excluding hydrogens is 801 g/mol. The lowest BCUT2D eigenvalue weighted by atomic mass is 9.94. The average Bonchev–Trinajstić information content (AvgIpc) is 3.73. The van der Waals surface area contributed by atoms with Gasteiger partial charge < -0.3 is 39.9 Å². The minimum atomic E-state index is -0.748. The molecular formula is C46H60N12O5. The zero-order valence-electron chi connectivity index (χ0n) is 36.6. The molecule has 5 saturated heterocycles. The van der Waals surface area contributed by atoms with Crippen molar-refractivity contribution in [3.05, 3.63) is 60.0 Å². The lowest BCUT2D eigenvalue weighted by Crippen LogP contribution is -2.52. The fourth-order valence-electron chi connectivity index (χ4n) is 9.82. The molecule has 0 radical (unpaired) electrons. The summed E-state index contributed by atoms with van der Waals surface area (Å²) in [5, 5.41) is 14.4. The largest absolute Gasteiger partial charge is 0.496 e.